The maximum Gasteiger partial charge on any atom is 0.119 e. The van der Waals surface area contributed by atoms with Crippen molar-refractivity contribution in [2.75, 3.05) is 19.5 Å². The Labute approximate surface area is 120 Å². The first kappa shape index (κ1) is 14.3. The molecule has 0 saturated heterocycles. The molecule has 0 aliphatic carbocycles. The van der Waals surface area contributed by atoms with Gasteiger partial charge in [-0.1, -0.05) is 12.1 Å². The van der Waals surface area contributed by atoms with Crippen LogP contribution in [-0.2, 0) is 0 Å². The van der Waals surface area contributed by atoms with Gasteiger partial charge in [0.1, 0.15) is 11.5 Å². The number of methoxy groups -OCH3 is 2. The summed E-state index contributed by atoms with van der Waals surface area (Å²) < 4.78 is 10.4. The molecule has 0 radical (unpaired) electrons. The molecule has 3 nitrogen and oxygen atoms in total. The molecular formula is C17H21NO2. The molecule has 1 unspecified atom stereocenters. The van der Waals surface area contributed by atoms with Crippen molar-refractivity contribution in [2.45, 2.75) is 19.9 Å². The largest absolute Gasteiger partial charge is 0.497 e. The lowest BCUT2D eigenvalue weighted by Gasteiger charge is -2.18. The molecule has 2 aromatic carbocycles. The van der Waals surface area contributed by atoms with Crippen LogP contribution in [-0.4, -0.2) is 14.2 Å². The van der Waals surface area contributed by atoms with E-state index >= 15 is 0 Å². The summed E-state index contributed by atoms with van der Waals surface area (Å²) in [6.07, 6.45) is 0. The Kier molecular flexibility index (Phi) is 4.51. The maximum absolute atomic E-state index is 5.22. The van der Waals surface area contributed by atoms with E-state index in [0.717, 1.165) is 17.2 Å². The number of hydrogen-bond donors (Lipinski definition) is 1. The second kappa shape index (κ2) is 6.33. The van der Waals surface area contributed by atoms with E-state index < -0.39 is 0 Å². The summed E-state index contributed by atoms with van der Waals surface area (Å²) in [5, 5.41) is 3.52. The minimum absolute atomic E-state index is 0.230. The molecule has 106 valence electrons. The Morgan fingerprint density at radius 1 is 0.900 bits per heavy atom. The zero-order chi connectivity index (χ0) is 14.5. The van der Waals surface area contributed by atoms with Crippen molar-refractivity contribution in [1.29, 1.82) is 0 Å². The molecule has 20 heavy (non-hydrogen) atoms. The molecule has 2 rings (SSSR count). The third-order valence-electron chi connectivity index (χ3n) is 3.42. The van der Waals surface area contributed by atoms with Gasteiger partial charge in [0.25, 0.3) is 0 Å². The summed E-state index contributed by atoms with van der Waals surface area (Å²) in [6, 6.07) is 14.4. The summed E-state index contributed by atoms with van der Waals surface area (Å²) in [7, 11) is 3.36. The number of nitrogens with one attached hydrogen (secondary N) is 1. The van der Waals surface area contributed by atoms with E-state index in [1.807, 2.05) is 30.3 Å². The summed E-state index contributed by atoms with van der Waals surface area (Å²) in [6.45, 7) is 4.22. The molecule has 1 atom stereocenters. The van der Waals surface area contributed by atoms with Crippen LogP contribution in [0, 0.1) is 6.92 Å². The van der Waals surface area contributed by atoms with E-state index in [4.69, 9.17) is 9.47 Å². The Balaban J connectivity index is 2.12. The maximum atomic E-state index is 5.22. The van der Waals surface area contributed by atoms with Crippen molar-refractivity contribution in [1.82, 2.24) is 0 Å². The molecule has 1 N–H and O–H groups in total. The molecule has 0 aromatic heterocycles. The number of hydrogen-bond acceptors (Lipinski definition) is 3. The third-order valence-corrected chi connectivity index (χ3v) is 3.42. The first-order valence-electron chi connectivity index (χ1n) is 6.69. The van der Waals surface area contributed by atoms with Crippen LogP contribution >= 0.6 is 0 Å². The van der Waals surface area contributed by atoms with Crippen LogP contribution in [0.2, 0.25) is 0 Å². The van der Waals surface area contributed by atoms with E-state index in [0.29, 0.717) is 0 Å². The van der Waals surface area contributed by atoms with Crippen LogP contribution in [0.3, 0.4) is 0 Å². The van der Waals surface area contributed by atoms with Crippen LogP contribution in [0.15, 0.2) is 42.5 Å². The standard InChI is InChI=1S/C17H21NO2/c1-12-11-16(20-4)9-10-17(12)18-13(2)14-5-7-15(19-3)8-6-14/h5-11,13,18H,1-4H3. The number of anilines is 1. The minimum Gasteiger partial charge on any atom is -0.497 e. The number of benzene rings is 2. The quantitative estimate of drug-likeness (QED) is 0.884. The molecule has 0 saturated carbocycles. The van der Waals surface area contributed by atoms with Crippen LogP contribution in [0.1, 0.15) is 24.1 Å². The predicted molar refractivity (Wildman–Crippen MR) is 82.8 cm³/mol. The third kappa shape index (κ3) is 3.23. The van der Waals surface area contributed by atoms with Gasteiger partial charge in [0.2, 0.25) is 0 Å². The zero-order valence-corrected chi connectivity index (χ0v) is 12.4. The van der Waals surface area contributed by atoms with Crippen molar-refractivity contribution < 1.29 is 9.47 Å². The van der Waals surface area contributed by atoms with Crippen molar-refractivity contribution in [3.05, 3.63) is 53.6 Å². The highest BCUT2D eigenvalue weighted by atomic mass is 16.5. The fourth-order valence-electron chi connectivity index (χ4n) is 2.13. The molecule has 0 spiro atoms. The fraction of sp³-hybridized carbons (Fsp3) is 0.294. The fourth-order valence-corrected chi connectivity index (χ4v) is 2.13. The van der Waals surface area contributed by atoms with Crippen LogP contribution in [0.5, 0.6) is 11.5 Å². The molecule has 0 fully saturated rings. The molecule has 0 bridgehead atoms. The lowest BCUT2D eigenvalue weighted by Crippen LogP contribution is -2.07. The molecule has 3 heteroatoms. The topological polar surface area (TPSA) is 30.5 Å². The number of rotatable bonds is 5. The first-order chi connectivity index (χ1) is 9.63. The highest BCUT2D eigenvalue weighted by Crippen LogP contribution is 2.26. The van der Waals surface area contributed by atoms with Crippen LogP contribution in [0.25, 0.3) is 0 Å². The summed E-state index contributed by atoms with van der Waals surface area (Å²) in [4.78, 5) is 0. The van der Waals surface area contributed by atoms with Gasteiger partial charge in [-0.3, -0.25) is 0 Å². The average molecular weight is 271 g/mol. The monoisotopic (exact) mass is 271 g/mol. The normalized spacial score (nSPS) is 11.8. The first-order valence-corrected chi connectivity index (χ1v) is 6.69. The molecule has 0 aliphatic rings. The van der Waals surface area contributed by atoms with Gasteiger partial charge in [-0.2, -0.15) is 0 Å². The number of ether oxygens (including phenoxy) is 2. The van der Waals surface area contributed by atoms with E-state index in [1.54, 1.807) is 14.2 Å². The van der Waals surface area contributed by atoms with E-state index in [-0.39, 0.29) is 6.04 Å². The van der Waals surface area contributed by atoms with Crippen molar-refractivity contribution >= 4 is 5.69 Å². The Morgan fingerprint density at radius 2 is 1.50 bits per heavy atom. The van der Waals surface area contributed by atoms with Gasteiger partial charge in [-0.05, 0) is 55.3 Å². The van der Waals surface area contributed by atoms with Gasteiger partial charge in [-0.15, -0.1) is 0 Å². The lowest BCUT2D eigenvalue weighted by atomic mass is 10.1. The smallest absolute Gasteiger partial charge is 0.119 e. The number of aryl methyl sites for hydroxylation is 1. The zero-order valence-electron chi connectivity index (χ0n) is 12.4. The van der Waals surface area contributed by atoms with Gasteiger partial charge >= 0.3 is 0 Å². The highest BCUT2D eigenvalue weighted by Gasteiger charge is 2.07. The Morgan fingerprint density at radius 3 is 2.05 bits per heavy atom. The van der Waals surface area contributed by atoms with Gasteiger partial charge in [0.15, 0.2) is 0 Å². The lowest BCUT2D eigenvalue weighted by molar-refractivity contribution is 0.414. The van der Waals surface area contributed by atoms with Crippen molar-refractivity contribution in [3.8, 4) is 11.5 Å². The van der Waals surface area contributed by atoms with Crippen molar-refractivity contribution in [2.24, 2.45) is 0 Å². The van der Waals surface area contributed by atoms with Gasteiger partial charge < -0.3 is 14.8 Å². The van der Waals surface area contributed by atoms with Crippen LogP contribution in [0.4, 0.5) is 5.69 Å². The average Bonchev–Trinajstić information content (AvgIpc) is 2.49. The van der Waals surface area contributed by atoms with E-state index in [1.165, 1.54) is 11.1 Å². The Hall–Kier alpha value is -2.16. The highest BCUT2D eigenvalue weighted by molar-refractivity contribution is 5.54. The molecule has 0 amide bonds. The predicted octanol–water partition coefficient (Wildman–Crippen LogP) is 4.19. The molecule has 0 heterocycles. The van der Waals surface area contributed by atoms with E-state index in [9.17, 15) is 0 Å². The van der Waals surface area contributed by atoms with Gasteiger partial charge in [0, 0.05) is 11.7 Å². The second-order valence-electron chi connectivity index (χ2n) is 4.82. The molecular weight excluding hydrogens is 250 g/mol. The van der Waals surface area contributed by atoms with Gasteiger partial charge in [0.05, 0.1) is 14.2 Å². The summed E-state index contributed by atoms with van der Waals surface area (Å²) in [5.41, 5.74) is 3.51. The SMILES string of the molecule is COc1ccc(C(C)Nc2ccc(OC)cc2C)cc1. The summed E-state index contributed by atoms with van der Waals surface area (Å²) >= 11 is 0. The summed E-state index contributed by atoms with van der Waals surface area (Å²) in [5.74, 6) is 1.76. The van der Waals surface area contributed by atoms with Crippen molar-refractivity contribution in [3.63, 3.8) is 0 Å². The molecule has 2 aromatic rings. The van der Waals surface area contributed by atoms with Crippen LogP contribution < -0.4 is 14.8 Å². The minimum atomic E-state index is 0.230. The van der Waals surface area contributed by atoms with Gasteiger partial charge in [-0.25, -0.2) is 0 Å². The Bertz CT molecular complexity index is 564. The molecule has 0 aliphatic heterocycles. The second-order valence-corrected chi connectivity index (χ2v) is 4.82. The van der Waals surface area contributed by atoms with E-state index in [2.05, 4.69) is 31.3 Å².